The van der Waals surface area contributed by atoms with Crippen molar-refractivity contribution in [2.45, 2.75) is 18.6 Å². The van der Waals surface area contributed by atoms with Gasteiger partial charge in [0.15, 0.2) is 4.96 Å². The second-order valence-electron chi connectivity index (χ2n) is 6.41. The van der Waals surface area contributed by atoms with Gasteiger partial charge in [-0.1, -0.05) is 12.1 Å². The van der Waals surface area contributed by atoms with E-state index in [4.69, 9.17) is 4.74 Å². The standard InChI is InChI=1S/C18H16F3N3O2S/c1-23(13-5-6-26-9-13)16(25)15-10-27-17-22-14(8-24(15)17)11-3-2-4-12(7-11)18(19,20)21/h2-4,7-8,10,13H,5-6,9H2,1H3. The van der Waals surface area contributed by atoms with Crippen molar-refractivity contribution in [1.29, 1.82) is 0 Å². The Hall–Kier alpha value is -2.39. The zero-order chi connectivity index (χ0) is 19.2. The van der Waals surface area contributed by atoms with Crippen molar-refractivity contribution < 1.29 is 22.7 Å². The molecule has 142 valence electrons. The molecule has 1 aliphatic heterocycles. The summed E-state index contributed by atoms with van der Waals surface area (Å²) in [6.45, 7) is 1.14. The van der Waals surface area contributed by atoms with Crippen molar-refractivity contribution >= 4 is 22.2 Å². The minimum Gasteiger partial charge on any atom is -0.379 e. The molecule has 1 fully saturated rings. The third kappa shape index (κ3) is 3.32. The highest BCUT2D eigenvalue weighted by Crippen LogP contribution is 2.32. The summed E-state index contributed by atoms with van der Waals surface area (Å²) in [7, 11) is 1.73. The fourth-order valence-corrected chi connectivity index (χ4v) is 3.95. The molecule has 0 radical (unpaired) electrons. The Morgan fingerprint density at radius 3 is 2.93 bits per heavy atom. The van der Waals surface area contributed by atoms with Gasteiger partial charge in [0, 0.05) is 30.8 Å². The van der Waals surface area contributed by atoms with Gasteiger partial charge in [0.25, 0.3) is 5.91 Å². The summed E-state index contributed by atoms with van der Waals surface area (Å²) in [6, 6.07) is 5.04. The largest absolute Gasteiger partial charge is 0.416 e. The average Bonchev–Trinajstić information content (AvgIpc) is 3.36. The molecule has 1 atom stereocenters. The van der Waals surface area contributed by atoms with E-state index in [1.54, 1.807) is 34.0 Å². The van der Waals surface area contributed by atoms with E-state index in [1.165, 1.54) is 17.4 Å². The number of halogens is 3. The number of likely N-dealkylation sites (N-methyl/N-ethyl adjacent to an activating group) is 1. The number of aromatic nitrogens is 2. The monoisotopic (exact) mass is 395 g/mol. The Morgan fingerprint density at radius 2 is 2.22 bits per heavy atom. The summed E-state index contributed by atoms with van der Waals surface area (Å²) in [5.41, 5.74) is 0.467. The molecule has 2 aromatic heterocycles. The van der Waals surface area contributed by atoms with E-state index >= 15 is 0 Å². The Labute approximate surface area is 157 Å². The van der Waals surface area contributed by atoms with E-state index in [9.17, 15) is 18.0 Å². The van der Waals surface area contributed by atoms with Crippen molar-refractivity contribution in [3.63, 3.8) is 0 Å². The van der Waals surface area contributed by atoms with Gasteiger partial charge in [-0.2, -0.15) is 13.2 Å². The van der Waals surface area contributed by atoms with Crippen LogP contribution >= 0.6 is 11.3 Å². The predicted molar refractivity (Wildman–Crippen MR) is 94.8 cm³/mol. The van der Waals surface area contributed by atoms with Crippen LogP contribution < -0.4 is 0 Å². The van der Waals surface area contributed by atoms with Crippen LogP contribution in [0.3, 0.4) is 0 Å². The number of ether oxygens (including phenoxy) is 1. The molecule has 27 heavy (non-hydrogen) atoms. The molecular formula is C18H16F3N3O2S. The summed E-state index contributed by atoms with van der Waals surface area (Å²) >= 11 is 1.28. The minimum atomic E-state index is -4.42. The number of carbonyl (C=O) groups is 1. The van der Waals surface area contributed by atoms with Gasteiger partial charge >= 0.3 is 6.18 Å². The van der Waals surface area contributed by atoms with Crippen molar-refractivity contribution in [3.05, 3.63) is 47.1 Å². The topological polar surface area (TPSA) is 46.8 Å². The zero-order valence-electron chi connectivity index (χ0n) is 14.4. The van der Waals surface area contributed by atoms with Gasteiger partial charge in [0.1, 0.15) is 5.69 Å². The first kappa shape index (κ1) is 18.0. The molecule has 1 unspecified atom stereocenters. The molecule has 0 bridgehead atoms. The van der Waals surface area contributed by atoms with E-state index in [0.717, 1.165) is 18.6 Å². The summed E-state index contributed by atoms with van der Waals surface area (Å²) in [6.07, 6.45) is -2.03. The van der Waals surface area contributed by atoms with Gasteiger partial charge < -0.3 is 9.64 Å². The van der Waals surface area contributed by atoms with E-state index in [2.05, 4.69) is 4.98 Å². The number of fused-ring (bicyclic) bond motifs is 1. The number of hydrogen-bond donors (Lipinski definition) is 0. The second-order valence-corrected chi connectivity index (χ2v) is 7.25. The van der Waals surface area contributed by atoms with Gasteiger partial charge in [-0.15, -0.1) is 11.3 Å². The molecule has 3 aromatic rings. The van der Waals surface area contributed by atoms with Gasteiger partial charge in [0.05, 0.1) is 23.9 Å². The normalized spacial score (nSPS) is 17.6. The molecule has 0 saturated carbocycles. The number of benzene rings is 1. The van der Waals surface area contributed by atoms with E-state index in [-0.39, 0.29) is 11.9 Å². The van der Waals surface area contributed by atoms with Crippen LogP contribution in [0.5, 0.6) is 0 Å². The summed E-state index contributed by atoms with van der Waals surface area (Å²) in [4.78, 5) is 19.4. The van der Waals surface area contributed by atoms with Crippen LogP contribution in [0.15, 0.2) is 35.8 Å². The molecule has 1 aromatic carbocycles. The maximum Gasteiger partial charge on any atom is 0.416 e. The maximum absolute atomic E-state index is 13.0. The Bertz CT molecular complexity index is 989. The predicted octanol–water partition coefficient (Wildman–Crippen LogP) is 3.94. The van der Waals surface area contributed by atoms with Crippen LogP contribution in [0.1, 0.15) is 22.5 Å². The first-order valence-corrected chi connectivity index (χ1v) is 9.21. The average molecular weight is 395 g/mol. The molecule has 0 N–H and O–H groups in total. The minimum absolute atomic E-state index is 0.0268. The molecule has 9 heteroatoms. The van der Waals surface area contributed by atoms with Crippen LogP contribution in [0.2, 0.25) is 0 Å². The fraction of sp³-hybridized carbons (Fsp3) is 0.333. The maximum atomic E-state index is 13.0. The number of hydrogen-bond acceptors (Lipinski definition) is 4. The Kier molecular flexibility index (Phi) is 4.43. The number of nitrogens with zero attached hydrogens (tertiary/aromatic N) is 3. The third-order valence-corrected chi connectivity index (χ3v) is 5.53. The highest BCUT2D eigenvalue weighted by atomic mass is 32.1. The molecule has 1 amide bonds. The molecule has 4 rings (SSSR count). The van der Waals surface area contributed by atoms with Crippen LogP contribution in [-0.4, -0.2) is 46.5 Å². The second kappa shape index (κ2) is 6.65. The SMILES string of the molecule is CN(C(=O)c1csc2nc(-c3cccc(C(F)(F)F)c3)cn12)C1CCOC1. The summed E-state index contributed by atoms with van der Waals surface area (Å²) in [5, 5.41) is 1.72. The number of rotatable bonds is 3. The fourth-order valence-electron chi connectivity index (χ4n) is 3.11. The van der Waals surface area contributed by atoms with Crippen molar-refractivity contribution in [3.8, 4) is 11.3 Å². The third-order valence-electron chi connectivity index (χ3n) is 4.69. The first-order valence-electron chi connectivity index (χ1n) is 8.34. The lowest BCUT2D eigenvalue weighted by molar-refractivity contribution is -0.137. The molecule has 1 aliphatic rings. The number of imidazole rings is 1. The van der Waals surface area contributed by atoms with Crippen LogP contribution in [0, 0.1) is 0 Å². The number of amides is 1. The molecule has 0 spiro atoms. The molecule has 0 aliphatic carbocycles. The molecule has 5 nitrogen and oxygen atoms in total. The molecule has 1 saturated heterocycles. The Balaban J connectivity index is 1.67. The van der Waals surface area contributed by atoms with Crippen LogP contribution in [0.25, 0.3) is 16.2 Å². The summed E-state index contributed by atoms with van der Waals surface area (Å²) in [5.74, 6) is -0.162. The smallest absolute Gasteiger partial charge is 0.379 e. The van der Waals surface area contributed by atoms with Gasteiger partial charge in [-0.25, -0.2) is 4.98 Å². The lowest BCUT2D eigenvalue weighted by Gasteiger charge is -2.22. The zero-order valence-corrected chi connectivity index (χ0v) is 15.2. The quantitative estimate of drug-likeness (QED) is 0.675. The molecule has 3 heterocycles. The highest BCUT2D eigenvalue weighted by molar-refractivity contribution is 7.15. The van der Waals surface area contributed by atoms with E-state index in [0.29, 0.717) is 35.1 Å². The lowest BCUT2D eigenvalue weighted by atomic mass is 10.1. The highest BCUT2D eigenvalue weighted by Gasteiger charge is 2.31. The van der Waals surface area contributed by atoms with Crippen LogP contribution in [0.4, 0.5) is 13.2 Å². The number of thiazole rings is 1. The van der Waals surface area contributed by atoms with E-state index in [1.807, 2.05) is 0 Å². The van der Waals surface area contributed by atoms with Gasteiger partial charge in [-0.05, 0) is 18.6 Å². The van der Waals surface area contributed by atoms with Gasteiger partial charge in [0.2, 0.25) is 0 Å². The van der Waals surface area contributed by atoms with Crippen molar-refractivity contribution in [2.24, 2.45) is 0 Å². The van der Waals surface area contributed by atoms with Crippen molar-refractivity contribution in [1.82, 2.24) is 14.3 Å². The lowest BCUT2D eigenvalue weighted by Crippen LogP contribution is -2.37. The van der Waals surface area contributed by atoms with Crippen molar-refractivity contribution in [2.75, 3.05) is 20.3 Å². The first-order chi connectivity index (χ1) is 12.8. The number of alkyl halides is 3. The van der Waals surface area contributed by atoms with Gasteiger partial charge in [-0.3, -0.25) is 9.20 Å². The van der Waals surface area contributed by atoms with Crippen LogP contribution in [-0.2, 0) is 10.9 Å². The molecular weight excluding hydrogens is 379 g/mol. The summed E-state index contributed by atoms with van der Waals surface area (Å²) < 4.78 is 45.8. The van der Waals surface area contributed by atoms with E-state index < -0.39 is 11.7 Å². The Morgan fingerprint density at radius 1 is 1.41 bits per heavy atom. The number of carbonyl (C=O) groups excluding carboxylic acids is 1.